The molecule has 5 rings (SSSR count). The number of carbonyl (C=O) groups excluding carboxylic acids is 3. The molecule has 0 radical (unpaired) electrons. The first-order chi connectivity index (χ1) is 30.2. The van der Waals surface area contributed by atoms with Crippen molar-refractivity contribution in [2.75, 3.05) is 52.2 Å². The van der Waals surface area contributed by atoms with Gasteiger partial charge in [0.05, 0.1) is 32.3 Å². The van der Waals surface area contributed by atoms with Gasteiger partial charge >= 0.3 is 5.97 Å². The summed E-state index contributed by atoms with van der Waals surface area (Å²) in [5.41, 5.74) is 7.89. The number of amides is 2. The molecule has 330 valence electrons. The van der Waals surface area contributed by atoms with Gasteiger partial charge in [0.25, 0.3) is 5.91 Å². The second kappa shape index (κ2) is 25.2. The molecule has 0 unspecified atom stereocenters. The molecule has 0 saturated carbocycles. The van der Waals surface area contributed by atoms with E-state index in [0.717, 1.165) is 50.4 Å². The van der Waals surface area contributed by atoms with E-state index in [1.807, 2.05) is 66.9 Å². The van der Waals surface area contributed by atoms with E-state index in [2.05, 4.69) is 22.3 Å². The van der Waals surface area contributed by atoms with Crippen LogP contribution >= 0.6 is 33.3 Å². The van der Waals surface area contributed by atoms with E-state index >= 15 is 0 Å². The number of thioether (sulfide) groups is 1. The van der Waals surface area contributed by atoms with Crippen LogP contribution in [-0.4, -0.2) is 80.1 Å². The molecule has 0 aromatic heterocycles. The molecular formula is C47H55N3O9S3. The van der Waals surface area contributed by atoms with Crippen LogP contribution in [0.4, 0.5) is 0 Å². The molecule has 0 spiro atoms. The fourth-order valence-electron chi connectivity index (χ4n) is 7.19. The molecule has 0 saturated heterocycles. The predicted molar refractivity (Wildman–Crippen MR) is 249 cm³/mol. The number of carbonyl (C=O) groups is 3. The SMILES string of the molecule is COc1cc2c(c(OC)c1OC)-c1ccc(SC)c(=O)cc1[C@@H](NC(=O)CCCSSCCCC(=O)OCCN(Cc1ccccc1)Cc1ccc(/C=C/C(=O)NO)cc1)CC2. The molecule has 0 bridgehead atoms. The summed E-state index contributed by atoms with van der Waals surface area (Å²) in [5.74, 6) is 2.21. The molecule has 0 fully saturated rings. The Bertz CT molecular complexity index is 2210. The number of aryl methyl sites for hydroxylation is 1. The average molecular weight is 902 g/mol. The van der Waals surface area contributed by atoms with Crippen molar-refractivity contribution in [1.82, 2.24) is 15.7 Å². The molecule has 0 heterocycles. The zero-order valence-electron chi connectivity index (χ0n) is 35.6. The normalized spacial score (nSPS) is 13.2. The highest BCUT2D eigenvalue weighted by atomic mass is 33.1. The zero-order chi connectivity index (χ0) is 44.3. The Hall–Kier alpha value is -4.93. The van der Waals surface area contributed by atoms with Crippen molar-refractivity contribution in [1.29, 1.82) is 0 Å². The summed E-state index contributed by atoms with van der Waals surface area (Å²) in [7, 11) is 8.11. The topological polar surface area (TPSA) is 153 Å². The van der Waals surface area contributed by atoms with E-state index in [0.29, 0.717) is 80.3 Å². The molecule has 0 aliphatic heterocycles. The first-order valence-electron chi connectivity index (χ1n) is 20.4. The first-order valence-corrected chi connectivity index (χ1v) is 24.1. The predicted octanol–water partition coefficient (Wildman–Crippen LogP) is 8.27. The molecule has 3 N–H and O–H groups in total. The van der Waals surface area contributed by atoms with Crippen LogP contribution < -0.4 is 30.4 Å². The van der Waals surface area contributed by atoms with Gasteiger partial charge in [-0.05, 0) is 89.6 Å². The summed E-state index contributed by atoms with van der Waals surface area (Å²) in [6.45, 7) is 2.18. The maximum atomic E-state index is 13.4. The fourth-order valence-corrected chi connectivity index (χ4v) is 9.82. The molecule has 4 aromatic carbocycles. The van der Waals surface area contributed by atoms with Gasteiger partial charge in [0.1, 0.15) is 6.61 Å². The molecule has 12 nitrogen and oxygen atoms in total. The minimum Gasteiger partial charge on any atom is -0.493 e. The Morgan fingerprint density at radius 1 is 0.855 bits per heavy atom. The molecule has 1 aliphatic rings. The third kappa shape index (κ3) is 14.0. The maximum Gasteiger partial charge on any atom is 0.305 e. The number of hydroxylamine groups is 1. The van der Waals surface area contributed by atoms with Crippen LogP contribution in [0, 0.1) is 0 Å². The highest BCUT2D eigenvalue weighted by Gasteiger charge is 2.30. The van der Waals surface area contributed by atoms with Crippen LogP contribution in [-0.2, 0) is 38.6 Å². The van der Waals surface area contributed by atoms with Crippen molar-refractivity contribution in [2.24, 2.45) is 0 Å². The lowest BCUT2D eigenvalue weighted by Crippen LogP contribution is -2.29. The second-order valence-corrected chi connectivity index (χ2v) is 18.0. The smallest absolute Gasteiger partial charge is 0.305 e. The summed E-state index contributed by atoms with van der Waals surface area (Å²) in [5, 5.41) is 11.9. The summed E-state index contributed by atoms with van der Waals surface area (Å²) in [4.78, 5) is 53.4. The average Bonchev–Trinajstić information content (AvgIpc) is 3.53. The molecule has 62 heavy (non-hydrogen) atoms. The Morgan fingerprint density at radius 3 is 2.21 bits per heavy atom. The lowest BCUT2D eigenvalue weighted by molar-refractivity contribution is -0.144. The van der Waals surface area contributed by atoms with Gasteiger partial charge in [0, 0.05) is 55.6 Å². The number of esters is 1. The van der Waals surface area contributed by atoms with Crippen molar-refractivity contribution < 1.29 is 38.5 Å². The largest absolute Gasteiger partial charge is 0.493 e. The Morgan fingerprint density at radius 2 is 1.55 bits per heavy atom. The van der Waals surface area contributed by atoms with Gasteiger partial charge < -0.3 is 24.3 Å². The van der Waals surface area contributed by atoms with Gasteiger partial charge in [-0.1, -0.05) is 82.3 Å². The van der Waals surface area contributed by atoms with Gasteiger partial charge in [0.15, 0.2) is 16.9 Å². The van der Waals surface area contributed by atoms with E-state index < -0.39 is 5.91 Å². The van der Waals surface area contributed by atoms with Crippen molar-refractivity contribution in [3.8, 4) is 28.4 Å². The number of benzene rings is 3. The fraction of sp³-hybridized carbons (Fsp3) is 0.362. The van der Waals surface area contributed by atoms with Crippen molar-refractivity contribution in [3.63, 3.8) is 0 Å². The van der Waals surface area contributed by atoms with Crippen LogP contribution in [0.5, 0.6) is 17.2 Å². The van der Waals surface area contributed by atoms with Crippen molar-refractivity contribution in [2.45, 2.75) is 62.6 Å². The van der Waals surface area contributed by atoms with Gasteiger partial charge in [-0.25, -0.2) is 5.48 Å². The van der Waals surface area contributed by atoms with Crippen LogP contribution in [0.2, 0.25) is 0 Å². The van der Waals surface area contributed by atoms with Gasteiger partial charge in [-0.3, -0.25) is 29.3 Å². The minimum atomic E-state index is -0.594. The Balaban J connectivity index is 1.04. The quantitative estimate of drug-likeness (QED) is 0.0125. The third-order valence-electron chi connectivity index (χ3n) is 10.2. The highest BCUT2D eigenvalue weighted by molar-refractivity contribution is 8.76. The van der Waals surface area contributed by atoms with Gasteiger partial charge in [-0.15, -0.1) is 11.8 Å². The monoisotopic (exact) mass is 901 g/mol. The first kappa shape index (κ1) is 48.1. The highest BCUT2D eigenvalue weighted by Crippen LogP contribution is 2.50. The molecule has 15 heteroatoms. The summed E-state index contributed by atoms with van der Waals surface area (Å²) in [6, 6.07) is 24.9. The number of fused-ring (bicyclic) bond motifs is 3. The van der Waals surface area contributed by atoms with E-state index in [-0.39, 0.29) is 30.0 Å². The number of ether oxygens (including phenoxy) is 4. The van der Waals surface area contributed by atoms with Crippen LogP contribution in [0.3, 0.4) is 0 Å². The van der Waals surface area contributed by atoms with Crippen LogP contribution in [0.15, 0.2) is 94.6 Å². The summed E-state index contributed by atoms with van der Waals surface area (Å²) in [6.07, 6.45) is 8.01. The van der Waals surface area contributed by atoms with E-state index in [1.165, 1.54) is 17.8 Å². The maximum absolute atomic E-state index is 13.4. The van der Waals surface area contributed by atoms with Gasteiger partial charge in [0.2, 0.25) is 11.7 Å². The van der Waals surface area contributed by atoms with E-state index in [1.54, 1.807) is 60.5 Å². The Kier molecular flexibility index (Phi) is 19.6. The summed E-state index contributed by atoms with van der Waals surface area (Å²) >= 11 is 1.38. The zero-order valence-corrected chi connectivity index (χ0v) is 38.1. The van der Waals surface area contributed by atoms with Crippen molar-refractivity contribution in [3.05, 3.63) is 123 Å². The lowest BCUT2D eigenvalue weighted by atomic mass is 9.95. The molecular weight excluding hydrogens is 847 g/mol. The number of rotatable bonds is 23. The molecule has 2 amide bonds. The molecule has 1 aliphatic carbocycles. The number of nitrogens with one attached hydrogen (secondary N) is 2. The minimum absolute atomic E-state index is 0.0777. The Labute approximate surface area is 375 Å². The lowest BCUT2D eigenvalue weighted by Gasteiger charge is -2.22. The molecule has 4 aromatic rings. The second-order valence-electron chi connectivity index (χ2n) is 14.4. The molecule has 1 atom stereocenters. The summed E-state index contributed by atoms with van der Waals surface area (Å²) < 4.78 is 22.9. The van der Waals surface area contributed by atoms with E-state index in [4.69, 9.17) is 24.2 Å². The third-order valence-corrected chi connectivity index (χ3v) is 13.6. The number of nitrogens with zero attached hydrogens (tertiary/aromatic N) is 1. The van der Waals surface area contributed by atoms with Crippen LogP contribution in [0.1, 0.15) is 66.0 Å². The number of hydrogen-bond donors (Lipinski definition) is 3. The standard InChI is InChI=1S/C47H55N3O9S3/c1-56-40-28-35-19-21-38(37-29-39(51)41(60-4)22-20-36(37)45(35)47(58-3)46(40)57-2)48-42(52)12-8-26-61-62-27-9-13-44(54)59-25-24-50(30-33-10-6-5-7-11-33)31-34-16-14-32(15-17-34)18-23-43(53)49-55/h5-7,10-11,14-18,20,22-23,28-29,38,55H,8-9,12-13,19,21,24-27,30-31H2,1-4H3,(H,48,52)(H,49,53)/b23-18+/t38-/m0/s1. The van der Waals surface area contributed by atoms with Crippen LogP contribution in [0.25, 0.3) is 17.2 Å². The van der Waals surface area contributed by atoms with Crippen molar-refractivity contribution >= 4 is 57.2 Å². The number of hydrogen-bond acceptors (Lipinski definition) is 13. The van der Waals surface area contributed by atoms with E-state index in [9.17, 15) is 19.2 Å². The number of methoxy groups -OCH3 is 3. The van der Waals surface area contributed by atoms with Gasteiger partial charge in [-0.2, -0.15) is 0 Å².